The molecule has 0 aliphatic rings. The van der Waals surface area contributed by atoms with E-state index >= 15 is 0 Å². The molecular formula is C22H24BrN3O6S3. The average Bonchev–Trinajstić information content (AvgIpc) is 2.80. The SMILES string of the molecule is Brc1ccccc1.COc1ccc(NC(=S)NS(=O)(=O)c2ccc(CCNS(=O)(=O)O)cc2)cc1. The molecule has 188 valence electrons. The van der Waals surface area contributed by atoms with Crippen molar-refractivity contribution in [2.75, 3.05) is 19.0 Å². The monoisotopic (exact) mass is 601 g/mol. The number of halogens is 1. The second-order valence-corrected chi connectivity index (χ2v) is 11.1. The maximum atomic E-state index is 12.4. The lowest BCUT2D eigenvalue weighted by Gasteiger charge is -2.12. The summed E-state index contributed by atoms with van der Waals surface area (Å²) in [6.07, 6.45) is 0.283. The van der Waals surface area contributed by atoms with Crippen LogP contribution >= 0.6 is 28.1 Å². The molecule has 0 aliphatic heterocycles. The molecule has 4 N–H and O–H groups in total. The van der Waals surface area contributed by atoms with Gasteiger partial charge in [-0.15, -0.1) is 0 Å². The molecule has 0 saturated carbocycles. The van der Waals surface area contributed by atoms with Crippen molar-refractivity contribution in [3.05, 3.63) is 88.9 Å². The fourth-order valence-electron chi connectivity index (χ4n) is 2.59. The van der Waals surface area contributed by atoms with E-state index in [1.165, 1.54) is 19.2 Å². The van der Waals surface area contributed by atoms with Crippen molar-refractivity contribution >= 4 is 59.3 Å². The lowest BCUT2D eigenvalue weighted by molar-refractivity contribution is 0.415. The van der Waals surface area contributed by atoms with Crippen LogP contribution in [0.3, 0.4) is 0 Å². The predicted octanol–water partition coefficient (Wildman–Crippen LogP) is 3.75. The van der Waals surface area contributed by atoms with Gasteiger partial charge in [0.1, 0.15) is 5.75 Å². The summed E-state index contributed by atoms with van der Waals surface area (Å²) in [5.41, 5.74) is 1.28. The number of nitrogens with one attached hydrogen (secondary N) is 3. The van der Waals surface area contributed by atoms with Crippen LogP contribution in [0.1, 0.15) is 5.56 Å². The zero-order chi connectivity index (χ0) is 25.9. The number of hydrogen-bond acceptors (Lipinski definition) is 6. The predicted molar refractivity (Wildman–Crippen MR) is 143 cm³/mol. The number of thiocarbonyl (C=S) groups is 1. The molecule has 35 heavy (non-hydrogen) atoms. The Bertz CT molecular complexity index is 1300. The molecule has 0 spiro atoms. The van der Waals surface area contributed by atoms with Crippen LogP contribution in [0.15, 0.2) is 88.2 Å². The second kappa shape index (κ2) is 13.5. The average molecular weight is 603 g/mol. The summed E-state index contributed by atoms with van der Waals surface area (Å²) < 4.78 is 65.0. The van der Waals surface area contributed by atoms with E-state index in [1.54, 1.807) is 36.4 Å². The molecular weight excluding hydrogens is 578 g/mol. The van der Waals surface area contributed by atoms with Crippen LogP contribution in [0.5, 0.6) is 5.75 Å². The minimum atomic E-state index is -4.25. The molecule has 0 heterocycles. The maximum Gasteiger partial charge on any atom is 0.333 e. The first-order chi connectivity index (χ1) is 16.5. The van der Waals surface area contributed by atoms with Crippen LogP contribution in [0, 0.1) is 0 Å². The number of ether oxygens (including phenoxy) is 1. The summed E-state index contributed by atoms with van der Waals surface area (Å²) in [7, 11) is -6.60. The Morgan fingerprint density at radius 1 is 0.943 bits per heavy atom. The first-order valence-electron chi connectivity index (χ1n) is 9.98. The molecule has 0 fully saturated rings. The third-order valence-electron chi connectivity index (χ3n) is 4.24. The molecule has 13 heteroatoms. The number of benzene rings is 3. The van der Waals surface area contributed by atoms with E-state index in [4.69, 9.17) is 21.5 Å². The number of sulfonamides is 1. The van der Waals surface area contributed by atoms with Gasteiger partial charge in [-0.05, 0) is 72.7 Å². The van der Waals surface area contributed by atoms with Gasteiger partial charge in [0.25, 0.3) is 10.0 Å². The Kier molecular flexibility index (Phi) is 11.1. The van der Waals surface area contributed by atoms with Gasteiger partial charge in [0.2, 0.25) is 0 Å². The van der Waals surface area contributed by atoms with Gasteiger partial charge >= 0.3 is 10.3 Å². The molecule has 0 saturated heterocycles. The number of methoxy groups -OCH3 is 1. The van der Waals surface area contributed by atoms with E-state index in [0.29, 0.717) is 17.0 Å². The van der Waals surface area contributed by atoms with Crippen molar-refractivity contribution in [3.8, 4) is 5.75 Å². The highest BCUT2D eigenvalue weighted by molar-refractivity contribution is 9.10. The molecule has 0 atom stereocenters. The molecule has 3 aromatic carbocycles. The van der Waals surface area contributed by atoms with Crippen molar-refractivity contribution in [1.82, 2.24) is 9.44 Å². The van der Waals surface area contributed by atoms with E-state index in [0.717, 1.165) is 4.47 Å². The van der Waals surface area contributed by atoms with Crippen molar-refractivity contribution in [1.29, 1.82) is 0 Å². The van der Waals surface area contributed by atoms with Gasteiger partial charge in [-0.3, -0.25) is 9.27 Å². The number of anilines is 1. The summed E-state index contributed by atoms with van der Waals surface area (Å²) in [5, 5.41) is 2.68. The molecule has 0 aromatic heterocycles. The maximum absolute atomic E-state index is 12.4. The Hall–Kier alpha value is -2.55. The first kappa shape index (κ1) is 28.7. The lowest BCUT2D eigenvalue weighted by Crippen LogP contribution is -2.34. The van der Waals surface area contributed by atoms with Gasteiger partial charge in [0.05, 0.1) is 12.0 Å². The quantitative estimate of drug-likeness (QED) is 0.226. The van der Waals surface area contributed by atoms with Crippen LogP contribution in [0.25, 0.3) is 0 Å². The minimum Gasteiger partial charge on any atom is -0.497 e. The molecule has 3 aromatic rings. The van der Waals surface area contributed by atoms with Gasteiger partial charge in [-0.25, -0.2) is 8.42 Å². The van der Waals surface area contributed by atoms with E-state index in [1.807, 2.05) is 35.1 Å². The molecule has 0 unspecified atom stereocenters. The third kappa shape index (κ3) is 11.2. The largest absolute Gasteiger partial charge is 0.497 e. The summed E-state index contributed by atoms with van der Waals surface area (Å²) in [4.78, 5) is -0.00197. The highest BCUT2D eigenvalue weighted by Gasteiger charge is 2.15. The lowest BCUT2D eigenvalue weighted by atomic mass is 10.2. The number of rotatable bonds is 8. The Balaban J connectivity index is 0.000000527. The van der Waals surface area contributed by atoms with Crippen molar-refractivity contribution in [2.24, 2.45) is 0 Å². The van der Waals surface area contributed by atoms with Gasteiger partial charge in [-0.1, -0.05) is 46.3 Å². The van der Waals surface area contributed by atoms with Gasteiger partial charge in [-0.2, -0.15) is 13.1 Å². The molecule has 0 amide bonds. The van der Waals surface area contributed by atoms with E-state index < -0.39 is 20.3 Å². The van der Waals surface area contributed by atoms with Gasteiger partial charge in [0, 0.05) is 16.7 Å². The Morgan fingerprint density at radius 3 is 2.03 bits per heavy atom. The summed E-state index contributed by atoms with van der Waals surface area (Å²) in [5.74, 6) is 0.656. The summed E-state index contributed by atoms with van der Waals surface area (Å²) >= 11 is 8.35. The Morgan fingerprint density at radius 2 is 1.54 bits per heavy atom. The third-order valence-corrected chi connectivity index (χ3v) is 7.04. The van der Waals surface area contributed by atoms with E-state index in [2.05, 4.69) is 26.0 Å². The highest BCUT2D eigenvalue weighted by Crippen LogP contribution is 2.16. The van der Waals surface area contributed by atoms with Crippen molar-refractivity contribution in [2.45, 2.75) is 11.3 Å². The van der Waals surface area contributed by atoms with Crippen molar-refractivity contribution in [3.63, 3.8) is 0 Å². The smallest absolute Gasteiger partial charge is 0.333 e. The van der Waals surface area contributed by atoms with Crippen LogP contribution in [-0.4, -0.2) is 40.2 Å². The minimum absolute atomic E-state index is 0.00197. The van der Waals surface area contributed by atoms with Crippen LogP contribution in [-0.2, 0) is 26.7 Å². The van der Waals surface area contributed by atoms with Gasteiger partial charge in [0.15, 0.2) is 5.11 Å². The van der Waals surface area contributed by atoms with E-state index in [-0.39, 0.29) is 23.0 Å². The fraction of sp³-hybridized carbons (Fsp3) is 0.136. The molecule has 3 rings (SSSR count). The summed E-state index contributed by atoms with van der Waals surface area (Å²) in [6.45, 7) is -0.0148. The highest BCUT2D eigenvalue weighted by atomic mass is 79.9. The van der Waals surface area contributed by atoms with Gasteiger partial charge < -0.3 is 10.1 Å². The summed E-state index contributed by atoms with van der Waals surface area (Å²) in [6, 6.07) is 22.6. The fourth-order valence-corrected chi connectivity index (χ4v) is 4.61. The molecule has 0 radical (unpaired) electrons. The molecule has 0 aliphatic carbocycles. The van der Waals surface area contributed by atoms with Crippen LogP contribution in [0.2, 0.25) is 0 Å². The van der Waals surface area contributed by atoms with Crippen molar-refractivity contribution < 1.29 is 26.1 Å². The normalized spacial score (nSPS) is 11.1. The van der Waals surface area contributed by atoms with E-state index in [9.17, 15) is 16.8 Å². The van der Waals surface area contributed by atoms with Crippen LogP contribution < -0.4 is 19.5 Å². The Labute approximate surface area is 219 Å². The second-order valence-electron chi connectivity index (χ2n) is 6.85. The number of hydrogen-bond donors (Lipinski definition) is 4. The standard InChI is InChI=1S/C16H19N3O6S3.C6H5Br/c1-25-14-6-4-13(5-7-14)18-16(26)19-27(20,21)15-8-2-12(3-9-15)10-11-17-28(22,23)24;7-6-4-2-1-3-5-6/h2-9,17H,10-11H2,1H3,(H2,18,19,26)(H,22,23,24);1-5H. The zero-order valence-corrected chi connectivity index (χ0v) is 22.5. The molecule has 0 bridgehead atoms. The molecule has 9 nitrogen and oxygen atoms in total. The first-order valence-corrected chi connectivity index (χ1v) is 14.1. The zero-order valence-electron chi connectivity index (χ0n) is 18.5. The topological polar surface area (TPSA) is 134 Å². The van der Waals surface area contributed by atoms with Crippen LogP contribution in [0.4, 0.5) is 5.69 Å².